The number of hydrogen-bond acceptors (Lipinski definition) is 4. The van der Waals surface area contributed by atoms with Crippen LogP contribution in [0.2, 0.25) is 0 Å². The van der Waals surface area contributed by atoms with Gasteiger partial charge < -0.3 is 4.74 Å². The van der Waals surface area contributed by atoms with Crippen LogP contribution in [0.15, 0.2) is 25.3 Å². The Morgan fingerprint density at radius 2 is 2.12 bits per heavy atom. The van der Waals surface area contributed by atoms with Gasteiger partial charge >= 0.3 is 5.97 Å². The van der Waals surface area contributed by atoms with E-state index in [9.17, 15) is 4.79 Å². The Bertz CT molecular complexity index is 528. The normalized spacial score (nSPS) is 12.5. The molecular weight excluding hydrogens is 218 g/mol. The lowest BCUT2D eigenvalue weighted by atomic mass is 10.4. The van der Waals surface area contributed by atoms with Crippen LogP contribution in [-0.4, -0.2) is 28.1 Å². The molecule has 0 atom stereocenters. The number of aryl methyl sites for hydroxylation is 1. The zero-order valence-electron chi connectivity index (χ0n) is 9.80. The first kappa shape index (κ1) is 12.9. The topological polar surface area (TPSA) is 57.0 Å². The maximum Gasteiger partial charge on any atom is 0.307 e. The highest BCUT2D eigenvalue weighted by Gasteiger charge is 2.03. The third-order valence-corrected chi connectivity index (χ3v) is 2.11. The van der Waals surface area contributed by atoms with Crippen molar-refractivity contribution in [1.29, 1.82) is 0 Å². The molecule has 0 unspecified atom stereocenters. The number of esters is 1. The summed E-state index contributed by atoms with van der Waals surface area (Å²) >= 11 is 0. The monoisotopic (exact) mass is 233 g/mol. The smallest absolute Gasteiger partial charge is 0.307 e. The van der Waals surface area contributed by atoms with Gasteiger partial charge in [0.2, 0.25) is 0 Å². The zero-order valence-corrected chi connectivity index (χ0v) is 9.80. The van der Waals surface area contributed by atoms with Gasteiger partial charge in [-0.1, -0.05) is 30.5 Å². The molecule has 1 heterocycles. The molecule has 17 heavy (non-hydrogen) atoms. The molecule has 0 spiro atoms. The van der Waals surface area contributed by atoms with Crippen LogP contribution in [0.5, 0.6) is 0 Å². The summed E-state index contributed by atoms with van der Waals surface area (Å²) in [6, 6.07) is 0. The molecule has 0 aromatic carbocycles. The molecule has 0 fully saturated rings. The van der Waals surface area contributed by atoms with Gasteiger partial charge in [-0.05, 0) is 12.2 Å². The number of carbonyl (C=O) groups excluding carboxylic acids is 1. The largest absolute Gasteiger partial charge is 0.469 e. The summed E-state index contributed by atoms with van der Waals surface area (Å²) in [5, 5.41) is 9.44. The van der Waals surface area contributed by atoms with Crippen molar-refractivity contribution in [2.45, 2.75) is 13.0 Å². The minimum absolute atomic E-state index is 0.255. The lowest BCUT2D eigenvalue weighted by Gasteiger charge is -1.99. The molecule has 1 aromatic heterocycles. The fraction of sp³-hybridized carbons (Fsp3) is 0.250. The van der Waals surface area contributed by atoms with E-state index in [1.54, 1.807) is 29.0 Å². The Kier molecular flexibility index (Phi) is 4.87. The zero-order chi connectivity index (χ0) is 12.7. The van der Waals surface area contributed by atoms with Crippen molar-refractivity contribution in [2.75, 3.05) is 7.11 Å². The Labute approximate surface area is 99.4 Å². The first-order valence-electron chi connectivity index (χ1n) is 5.14. The molecule has 0 N–H and O–H groups in total. The van der Waals surface area contributed by atoms with Crippen LogP contribution in [0.25, 0.3) is 12.2 Å². The standard InChI is InChI=1S/C12H15N3O2/c1-4-6-10-11(7-5-2)15(14-13-10)9-8-12(16)17-3/h4-7H,1-2,8-9H2,3H3/b10-6+,11-7+. The van der Waals surface area contributed by atoms with Crippen LogP contribution < -0.4 is 10.7 Å². The predicted octanol–water partition coefficient (Wildman–Crippen LogP) is -0.226. The first-order valence-corrected chi connectivity index (χ1v) is 5.14. The number of carbonyl (C=O) groups is 1. The van der Waals surface area contributed by atoms with E-state index < -0.39 is 0 Å². The van der Waals surface area contributed by atoms with Crippen LogP contribution in [0.1, 0.15) is 6.42 Å². The van der Waals surface area contributed by atoms with Crippen molar-refractivity contribution in [1.82, 2.24) is 15.0 Å². The second-order valence-corrected chi connectivity index (χ2v) is 3.21. The summed E-state index contributed by atoms with van der Waals surface area (Å²) < 4.78 is 6.20. The summed E-state index contributed by atoms with van der Waals surface area (Å²) in [4.78, 5) is 11.0. The van der Waals surface area contributed by atoms with Gasteiger partial charge in [0.25, 0.3) is 0 Å². The molecule has 5 heteroatoms. The van der Waals surface area contributed by atoms with Crippen molar-refractivity contribution in [3.05, 3.63) is 36.0 Å². The van der Waals surface area contributed by atoms with E-state index in [2.05, 4.69) is 28.2 Å². The molecule has 1 rings (SSSR count). The average molecular weight is 233 g/mol. The molecule has 0 aliphatic heterocycles. The molecule has 90 valence electrons. The fourth-order valence-electron chi connectivity index (χ4n) is 1.31. The maximum atomic E-state index is 11.0. The molecular formula is C12H15N3O2. The quantitative estimate of drug-likeness (QED) is 0.659. The molecule has 1 aromatic rings. The molecule has 0 amide bonds. The van der Waals surface area contributed by atoms with Gasteiger partial charge in [0.15, 0.2) is 0 Å². The van der Waals surface area contributed by atoms with Crippen LogP contribution in [0.3, 0.4) is 0 Å². The Morgan fingerprint density at radius 1 is 1.41 bits per heavy atom. The van der Waals surface area contributed by atoms with E-state index in [1.165, 1.54) is 7.11 Å². The van der Waals surface area contributed by atoms with E-state index in [-0.39, 0.29) is 12.4 Å². The van der Waals surface area contributed by atoms with E-state index in [0.29, 0.717) is 11.9 Å². The summed E-state index contributed by atoms with van der Waals surface area (Å²) in [5.41, 5.74) is 0. The molecule has 0 saturated carbocycles. The number of nitrogens with zero attached hydrogens (tertiary/aromatic N) is 3. The minimum Gasteiger partial charge on any atom is -0.469 e. The third kappa shape index (κ3) is 3.41. The number of aromatic nitrogens is 3. The molecule has 0 aliphatic carbocycles. The van der Waals surface area contributed by atoms with Crippen molar-refractivity contribution >= 4 is 18.1 Å². The van der Waals surface area contributed by atoms with Gasteiger partial charge in [-0.25, -0.2) is 4.68 Å². The second-order valence-electron chi connectivity index (χ2n) is 3.21. The van der Waals surface area contributed by atoms with Crippen molar-refractivity contribution in [3.8, 4) is 0 Å². The van der Waals surface area contributed by atoms with Gasteiger partial charge in [-0.15, -0.1) is 5.10 Å². The summed E-state index contributed by atoms with van der Waals surface area (Å²) in [6.45, 7) is 7.66. The summed E-state index contributed by atoms with van der Waals surface area (Å²) in [6.07, 6.45) is 7.07. The number of hydrogen-bond donors (Lipinski definition) is 0. The summed E-state index contributed by atoms with van der Waals surface area (Å²) in [7, 11) is 1.36. The van der Waals surface area contributed by atoms with Crippen molar-refractivity contribution in [3.63, 3.8) is 0 Å². The van der Waals surface area contributed by atoms with Crippen molar-refractivity contribution < 1.29 is 9.53 Å². The van der Waals surface area contributed by atoms with Crippen LogP contribution in [-0.2, 0) is 16.1 Å². The van der Waals surface area contributed by atoms with Crippen LogP contribution in [0.4, 0.5) is 0 Å². The predicted molar refractivity (Wildman–Crippen MR) is 65.2 cm³/mol. The first-order chi connectivity index (χ1) is 8.22. The highest BCUT2D eigenvalue weighted by atomic mass is 16.5. The van der Waals surface area contributed by atoms with E-state index in [1.807, 2.05) is 0 Å². The lowest BCUT2D eigenvalue weighted by Crippen LogP contribution is -2.30. The fourth-order valence-corrected chi connectivity index (χ4v) is 1.31. The molecule has 5 nitrogen and oxygen atoms in total. The number of ether oxygens (including phenoxy) is 1. The Hall–Kier alpha value is -2.17. The van der Waals surface area contributed by atoms with Crippen LogP contribution >= 0.6 is 0 Å². The van der Waals surface area contributed by atoms with Crippen LogP contribution in [0, 0.1) is 0 Å². The van der Waals surface area contributed by atoms with E-state index >= 15 is 0 Å². The second kappa shape index (κ2) is 6.42. The van der Waals surface area contributed by atoms with Gasteiger partial charge in [-0.3, -0.25) is 4.79 Å². The lowest BCUT2D eigenvalue weighted by molar-refractivity contribution is -0.140. The van der Waals surface area contributed by atoms with Gasteiger partial charge in [0.1, 0.15) is 5.35 Å². The number of allylic oxidation sites excluding steroid dienone is 2. The van der Waals surface area contributed by atoms with Crippen molar-refractivity contribution in [2.24, 2.45) is 0 Å². The Balaban J connectivity index is 3.05. The Morgan fingerprint density at radius 3 is 2.71 bits per heavy atom. The highest BCUT2D eigenvalue weighted by Crippen LogP contribution is 1.86. The molecule has 0 aliphatic rings. The molecule has 0 saturated heterocycles. The SMILES string of the molecule is C=C/C=c1/nnn(CCC(=O)OC)/c1=C/C=C. The van der Waals surface area contributed by atoms with E-state index in [0.717, 1.165) is 5.35 Å². The number of methoxy groups -OCH3 is 1. The molecule has 0 radical (unpaired) electrons. The molecule has 0 bridgehead atoms. The maximum absolute atomic E-state index is 11.0. The minimum atomic E-state index is -0.278. The van der Waals surface area contributed by atoms with Gasteiger partial charge in [0, 0.05) is 0 Å². The van der Waals surface area contributed by atoms with E-state index in [4.69, 9.17) is 0 Å². The third-order valence-electron chi connectivity index (χ3n) is 2.11. The van der Waals surface area contributed by atoms with Gasteiger partial charge in [-0.2, -0.15) is 0 Å². The number of rotatable bonds is 5. The van der Waals surface area contributed by atoms with Gasteiger partial charge in [0.05, 0.1) is 25.4 Å². The summed E-state index contributed by atoms with van der Waals surface area (Å²) in [5.74, 6) is -0.278. The highest BCUT2D eigenvalue weighted by molar-refractivity contribution is 5.68. The average Bonchev–Trinajstić information content (AvgIpc) is 2.70.